The van der Waals surface area contributed by atoms with Gasteiger partial charge < -0.3 is 24.7 Å². The summed E-state index contributed by atoms with van der Waals surface area (Å²) in [4.78, 5) is 61.5. The van der Waals surface area contributed by atoms with Gasteiger partial charge in [0.1, 0.15) is 0 Å². The third-order valence-electron chi connectivity index (χ3n) is 8.72. The molecule has 0 aliphatic heterocycles. The zero-order valence-corrected chi connectivity index (χ0v) is 33.7. The third-order valence-corrected chi connectivity index (χ3v) is 8.72. The average Bonchev–Trinajstić information content (AvgIpc) is 3.45. The molecule has 1 aliphatic rings. The van der Waals surface area contributed by atoms with E-state index in [4.69, 9.17) is 24.7 Å². The van der Waals surface area contributed by atoms with Crippen LogP contribution in [0.3, 0.4) is 0 Å². The van der Waals surface area contributed by atoms with Crippen molar-refractivity contribution in [2.75, 3.05) is 26.4 Å². The normalized spacial score (nSPS) is 13.5. The summed E-state index contributed by atoms with van der Waals surface area (Å²) in [5.41, 5.74) is 6.70. The zero-order valence-electron chi connectivity index (χ0n) is 33.7. The van der Waals surface area contributed by atoms with Crippen molar-refractivity contribution in [3.05, 3.63) is 130 Å². The van der Waals surface area contributed by atoms with Crippen LogP contribution in [0.4, 0.5) is 8.78 Å². The molecule has 1 aliphatic carbocycles. The van der Waals surface area contributed by atoms with Gasteiger partial charge in [-0.2, -0.15) is 0 Å². The first-order chi connectivity index (χ1) is 27.3. The van der Waals surface area contributed by atoms with E-state index in [1.165, 1.54) is 6.08 Å². The monoisotopic (exact) mass is 791 g/mol. The van der Waals surface area contributed by atoms with Crippen LogP contribution in [-0.4, -0.2) is 62.1 Å². The Hall–Kier alpha value is -5.65. The summed E-state index contributed by atoms with van der Waals surface area (Å²) in [5, 5.41) is 0. The molecule has 0 aromatic heterocycles. The van der Waals surface area contributed by atoms with E-state index in [-0.39, 0.29) is 63.1 Å². The fourth-order valence-electron chi connectivity index (χ4n) is 6.09. The predicted octanol–water partition coefficient (Wildman–Crippen LogP) is 8.16. The van der Waals surface area contributed by atoms with E-state index in [2.05, 4.69) is 0 Å². The van der Waals surface area contributed by atoms with Gasteiger partial charge in [-0.3, -0.25) is 19.2 Å². The number of rotatable bonds is 16. The van der Waals surface area contributed by atoms with Crippen LogP contribution in [0.25, 0.3) is 0 Å². The highest BCUT2D eigenvalue weighted by Crippen LogP contribution is 2.34. The van der Waals surface area contributed by atoms with Crippen molar-refractivity contribution in [2.24, 2.45) is 5.73 Å². The minimum absolute atomic E-state index is 0.0247. The van der Waals surface area contributed by atoms with Crippen molar-refractivity contribution in [2.45, 2.75) is 90.9 Å². The molecule has 0 spiro atoms. The summed E-state index contributed by atoms with van der Waals surface area (Å²) >= 11 is 0. The smallest absolute Gasteiger partial charge is 0.338 e. The molecule has 12 heteroatoms. The highest BCUT2D eigenvalue weighted by atomic mass is 19.3. The molecule has 1 atom stereocenters. The van der Waals surface area contributed by atoms with Crippen LogP contribution in [0, 0.1) is 0 Å². The van der Waals surface area contributed by atoms with E-state index in [1.807, 2.05) is 38.1 Å². The van der Waals surface area contributed by atoms with Crippen LogP contribution < -0.4 is 5.73 Å². The number of esters is 4. The van der Waals surface area contributed by atoms with E-state index in [1.54, 1.807) is 87.5 Å². The highest BCUT2D eigenvalue weighted by Gasteiger charge is 2.50. The molecule has 2 N–H and O–H groups in total. The minimum Gasteiger partial charge on any atom is -0.465 e. The Morgan fingerprint density at radius 2 is 1.39 bits per heavy atom. The van der Waals surface area contributed by atoms with Crippen molar-refractivity contribution in [1.82, 2.24) is 0 Å². The number of halogens is 2. The topological polar surface area (TPSA) is 148 Å². The van der Waals surface area contributed by atoms with Crippen LogP contribution in [0.5, 0.6) is 0 Å². The van der Waals surface area contributed by atoms with Gasteiger partial charge >= 0.3 is 23.9 Å². The lowest BCUT2D eigenvalue weighted by molar-refractivity contribution is -0.167. The summed E-state index contributed by atoms with van der Waals surface area (Å²) in [7, 11) is 0. The van der Waals surface area contributed by atoms with Gasteiger partial charge in [0, 0.05) is 24.8 Å². The molecule has 0 saturated carbocycles. The number of carbonyl (C=O) groups excluding carboxylic acids is 5. The Bertz CT molecular complexity index is 1820. The number of allylic oxidation sites excluding steroid dienone is 4. The molecular formula is C45H55F2NO9. The molecule has 0 heterocycles. The number of hydrogen-bond acceptors (Lipinski definition) is 9. The lowest BCUT2D eigenvalue weighted by Gasteiger charge is -2.29. The summed E-state index contributed by atoms with van der Waals surface area (Å²) in [6.45, 7) is 10.1. The number of alkyl halides is 2. The van der Waals surface area contributed by atoms with Crippen LogP contribution in [0.2, 0.25) is 0 Å². The second-order valence-electron chi connectivity index (χ2n) is 12.7. The molecule has 1 unspecified atom stereocenters. The number of amides is 1. The fourth-order valence-corrected chi connectivity index (χ4v) is 6.09. The van der Waals surface area contributed by atoms with Crippen molar-refractivity contribution in [3.8, 4) is 0 Å². The van der Waals surface area contributed by atoms with Gasteiger partial charge in [-0.1, -0.05) is 98.8 Å². The second kappa shape index (κ2) is 24.1. The van der Waals surface area contributed by atoms with E-state index in [0.717, 1.165) is 24.5 Å². The molecule has 0 radical (unpaired) electrons. The molecule has 57 heavy (non-hydrogen) atoms. The number of benzene rings is 3. The largest absolute Gasteiger partial charge is 0.465 e. The number of carbonyl (C=O) groups is 5. The maximum absolute atomic E-state index is 13.4. The van der Waals surface area contributed by atoms with E-state index < -0.39 is 35.2 Å². The fraction of sp³-hybridized carbons (Fsp3) is 0.400. The standard InChI is InChI=1S/C26H30O8.C17H19F2NO.C2H6/c1-4-31-23(28)20-12-10-11-19(17-20)18-22(27)34-16-15-26(24(29)32-5-2,25(30)33-6-3)21-13-8-7-9-14-21;1-17(18,19)14-7-4-6-12(9-10-14)15-8-3-2-5-13(15)11-16(20)21;1-2/h7-14,17H,4-6,15-16,18H2,1-3H3;2-3,5,7-10,12H,4,6,11H2,1H3,(H2,20,21);1-2H3. The van der Waals surface area contributed by atoms with Gasteiger partial charge in [0.05, 0.1) is 44.8 Å². The molecule has 4 rings (SSSR count). The Labute approximate surface area is 334 Å². The summed E-state index contributed by atoms with van der Waals surface area (Å²) in [6, 6.07) is 22.5. The molecular weight excluding hydrogens is 736 g/mol. The van der Waals surface area contributed by atoms with Gasteiger partial charge in [0.15, 0.2) is 5.41 Å². The van der Waals surface area contributed by atoms with Crippen molar-refractivity contribution in [1.29, 1.82) is 0 Å². The lowest BCUT2D eigenvalue weighted by atomic mass is 9.77. The first-order valence-electron chi connectivity index (χ1n) is 19.2. The van der Waals surface area contributed by atoms with E-state index in [9.17, 15) is 32.8 Å². The second-order valence-corrected chi connectivity index (χ2v) is 12.7. The minimum atomic E-state index is -2.82. The first-order valence-corrected chi connectivity index (χ1v) is 19.2. The summed E-state index contributed by atoms with van der Waals surface area (Å²) in [5.74, 6) is -5.77. The van der Waals surface area contributed by atoms with Gasteiger partial charge in [0.2, 0.25) is 5.91 Å². The number of hydrogen-bond donors (Lipinski definition) is 1. The van der Waals surface area contributed by atoms with Crippen LogP contribution in [-0.2, 0) is 56.4 Å². The lowest BCUT2D eigenvalue weighted by Crippen LogP contribution is -2.47. The van der Waals surface area contributed by atoms with Crippen LogP contribution in [0.15, 0.2) is 103 Å². The third kappa shape index (κ3) is 14.4. The van der Waals surface area contributed by atoms with Crippen molar-refractivity contribution >= 4 is 29.8 Å². The molecule has 10 nitrogen and oxygen atoms in total. The Balaban J connectivity index is 0.000000416. The average molecular weight is 792 g/mol. The number of primary amides is 1. The number of nitrogens with two attached hydrogens (primary N) is 1. The molecule has 3 aromatic carbocycles. The molecule has 0 saturated heterocycles. The SMILES string of the molecule is CC.CC(F)(F)C1=CCCC(c2ccccc2CC(N)=O)C=C1.CCOC(=O)c1cccc(CC(=O)OCCC(C(=O)OCC)(C(=O)OCC)c2ccccc2)c1. The van der Waals surface area contributed by atoms with Gasteiger partial charge in [-0.15, -0.1) is 0 Å². The summed E-state index contributed by atoms with van der Waals surface area (Å²) < 4.78 is 47.5. The Morgan fingerprint density at radius 1 is 0.772 bits per heavy atom. The van der Waals surface area contributed by atoms with Gasteiger partial charge in [-0.05, 0) is 68.0 Å². The predicted molar refractivity (Wildman–Crippen MR) is 214 cm³/mol. The molecule has 0 fully saturated rings. The Morgan fingerprint density at radius 3 is 1.98 bits per heavy atom. The summed E-state index contributed by atoms with van der Waals surface area (Å²) in [6.07, 6.45) is 6.15. The molecule has 1 amide bonds. The van der Waals surface area contributed by atoms with Crippen LogP contribution in [0.1, 0.15) is 99.3 Å². The quantitative estimate of drug-likeness (QED) is 0.0862. The Kier molecular flexibility index (Phi) is 20.1. The van der Waals surface area contributed by atoms with Crippen molar-refractivity contribution in [3.63, 3.8) is 0 Å². The maximum Gasteiger partial charge on any atom is 0.338 e. The van der Waals surface area contributed by atoms with E-state index >= 15 is 0 Å². The van der Waals surface area contributed by atoms with E-state index in [0.29, 0.717) is 23.1 Å². The zero-order chi connectivity index (χ0) is 42.4. The molecule has 3 aromatic rings. The maximum atomic E-state index is 13.4. The first kappa shape index (κ1) is 47.5. The van der Waals surface area contributed by atoms with Crippen molar-refractivity contribution < 1.29 is 51.7 Å². The molecule has 308 valence electrons. The van der Waals surface area contributed by atoms with Gasteiger partial charge in [-0.25, -0.2) is 13.6 Å². The molecule has 0 bridgehead atoms. The number of ether oxygens (including phenoxy) is 4. The van der Waals surface area contributed by atoms with Crippen LogP contribution >= 0.6 is 0 Å². The highest BCUT2D eigenvalue weighted by molar-refractivity contribution is 6.06. The van der Waals surface area contributed by atoms with Gasteiger partial charge in [0.25, 0.3) is 5.92 Å².